The number of hydrogen-bond acceptors (Lipinski definition) is 2. The van der Waals surface area contributed by atoms with Crippen LogP contribution in [-0.4, -0.2) is 17.0 Å². The molecule has 2 nitrogen and oxygen atoms in total. The number of rotatable bonds is 6. The predicted octanol–water partition coefficient (Wildman–Crippen LogP) is 3.78. The number of anilines is 1. The Morgan fingerprint density at radius 2 is 1.85 bits per heavy atom. The summed E-state index contributed by atoms with van der Waals surface area (Å²) in [4.78, 5) is 0. The van der Waals surface area contributed by atoms with Crippen molar-refractivity contribution in [3.63, 3.8) is 0 Å². The van der Waals surface area contributed by atoms with Gasteiger partial charge in [-0.05, 0) is 29.2 Å². The van der Waals surface area contributed by atoms with Crippen molar-refractivity contribution in [1.82, 2.24) is 0 Å². The summed E-state index contributed by atoms with van der Waals surface area (Å²) in [5.41, 5.74) is 3.55. The Labute approximate surface area is 123 Å². The van der Waals surface area contributed by atoms with E-state index in [0.29, 0.717) is 11.7 Å². The van der Waals surface area contributed by atoms with Crippen molar-refractivity contribution in [3.8, 4) is 0 Å². The molecular formula is C17H21NOS. The van der Waals surface area contributed by atoms with Gasteiger partial charge in [-0.2, -0.15) is 0 Å². The van der Waals surface area contributed by atoms with E-state index in [1.807, 2.05) is 18.2 Å². The molecule has 1 N–H and O–H groups in total. The van der Waals surface area contributed by atoms with Crippen LogP contribution in [0.1, 0.15) is 24.0 Å². The lowest BCUT2D eigenvalue weighted by atomic mass is 10.0. The molecule has 0 bridgehead atoms. The van der Waals surface area contributed by atoms with Crippen LogP contribution in [-0.2, 0) is 16.6 Å². The van der Waals surface area contributed by atoms with Gasteiger partial charge >= 0.3 is 0 Å². The van der Waals surface area contributed by atoms with Gasteiger partial charge in [-0.3, -0.25) is 4.21 Å². The van der Waals surface area contributed by atoms with Crippen molar-refractivity contribution in [1.29, 1.82) is 0 Å². The summed E-state index contributed by atoms with van der Waals surface area (Å²) in [7, 11) is -0.795. The summed E-state index contributed by atoms with van der Waals surface area (Å²) < 4.78 is 11.3. The van der Waals surface area contributed by atoms with Crippen LogP contribution >= 0.6 is 0 Å². The molecule has 2 atom stereocenters. The van der Waals surface area contributed by atoms with Gasteiger partial charge < -0.3 is 5.32 Å². The summed E-state index contributed by atoms with van der Waals surface area (Å²) in [6.07, 6.45) is 1.73. The molecule has 0 aliphatic heterocycles. The smallest absolute Gasteiger partial charge is 0.0483 e. The van der Waals surface area contributed by atoms with Crippen LogP contribution in [0.3, 0.4) is 0 Å². The van der Waals surface area contributed by atoms with Crippen molar-refractivity contribution in [2.75, 3.05) is 18.1 Å². The summed E-state index contributed by atoms with van der Waals surface area (Å²) >= 11 is 0. The predicted molar refractivity (Wildman–Crippen MR) is 87.6 cm³/mol. The topological polar surface area (TPSA) is 29.1 Å². The summed E-state index contributed by atoms with van der Waals surface area (Å²) in [6, 6.07) is 18.7. The lowest BCUT2D eigenvalue weighted by Gasteiger charge is -2.14. The van der Waals surface area contributed by atoms with E-state index in [1.165, 1.54) is 5.56 Å². The normalized spacial score (nSPS) is 13.7. The van der Waals surface area contributed by atoms with Crippen LogP contribution in [0.25, 0.3) is 0 Å². The molecule has 0 saturated heterocycles. The van der Waals surface area contributed by atoms with Crippen molar-refractivity contribution >= 4 is 16.5 Å². The molecule has 2 rings (SSSR count). The molecule has 2 aromatic rings. The minimum Gasteiger partial charge on any atom is -0.384 e. The Balaban J connectivity index is 1.95. The standard InChI is InChI=1S/C17H21NOS/c1-14(16-8-4-3-5-9-16)12-18-17-10-6-7-15(11-17)13-20(2)19/h3-11,14,18H,12-13H2,1-2H3/t14-,20+/m0/s1. The van der Waals surface area contributed by atoms with Crippen molar-refractivity contribution in [3.05, 3.63) is 65.7 Å². The first-order chi connectivity index (χ1) is 9.65. The van der Waals surface area contributed by atoms with Crippen LogP contribution in [0.2, 0.25) is 0 Å². The molecule has 0 aliphatic carbocycles. The van der Waals surface area contributed by atoms with E-state index < -0.39 is 10.8 Å². The lowest BCUT2D eigenvalue weighted by molar-refractivity contribution is 0.686. The van der Waals surface area contributed by atoms with Gasteiger partial charge in [0, 0.05) is 35.0 Å². The van der Waals surface area contributed by atoms with Crippen LogP contribution in [0, 0.1) is 0 Å². The molecule has 0 unspecified atom stereocenters. The average Bonchev–Trinajstić information content (AvgIpc) is 2.45. The van der Waals surface area contributed by atoms with Crippen LogP contribution in [0.5, 0.6) is 0 Å². The highest BCUT2D eigenvalue weighted by Crippen LogP contribution is 2.17. The highest BCUT2D eigenvalue weighted by atomic mass is 32.2. The Morgan fingerprint density at radius 1 is 1.10 bits per heavy atom. The van der Waals surface area contributed by atoms with E-state index in [9.17, 15) is 4.21 Å². The van der Waals surface area contributed by atoms with Crippen LogP contribution in [0.4, 0.5) is 5.69 Å². The van der Waals surface area contributed by atoms with E-state index in [-0.39, 0.29) is 0 Å². The fraction of sp³-hybridized carbons (Fsp3) is 0.294. The average molecular weight is 287 g/mol. The quantitative estimate of drug-likeness (QED) is 0.876. The molecular weight excluding hydrogens is 266 g/mol. The van der Waals surface area contributed by atoms with E-state index in [4.69, 9.17) is 0 Å². The molecule has 0 heterocycles. The Hall–Kier alpha value is -1.61. The Morgan fingerprint density at radius 3 is 2.55 bits per heavy atom. The van der Waals surface area contributed by atoms with Gasteiger partial charge in [-0.25, -0.2) is 0 Å². The SMILES string of the molecule is C[C@@H](CNc1cccc(C[S@@](C)=O)c1)c1ccccc1. The van der Waals surface area contributed by atoms with Gasteiger partial charge in [0.05, 0.1) is 0 Å². The molecule has 3 heteroatoms. The second-order valence-corrected chi connectivity index (χ2v) is 6.55. The maximum atomic E-state index is 11.3. The van der Waals surface area contributed by atoms with E-state index in [0.717, 1.165) is 17.8 Å². The first-order valence-electron chi connectivity index (χ1n) is 6.83. The minimum atomic E-state index is -0.795. The molecule has 0 saturated carbocycles. The third kappa shape index (κ3) is 4.49. The van der Waals surface area contributed by atoms with Crippen LogP contribution in [0.15, 0.2) is 54.6 Å². The summed E-state index contributed by atoms with van der Waals surface area (Å²) in [5, 5.41) is 3.46. The van der Waals surface area contributed by atoms with Crippen molar-refractivity contribution in [2.45, 2.75) is 18.6 Å². The summed E-state index contributed by atoms with van der Waals surface area (Å²) in [6.45, 7) is 3.11. The molecule has 0 aliphatic rings. The van der Waals surface area contributed by atoms with Gasteiger partial charge in [0.25, 0.3) is 0 Å². The van der Waals surface area contributed by atoms with Crippen molar-refractivity contribution in [2.24, 2.45) is 0 Å². The molecule has 0 fully saturated rings. The number of benzene rings is 2. The zero-order valence-electron chi connectivity index (χ0n) is 12.0. The summed E-state index contributed by atoms with van der Waals surface area (Å²) in [5.74, 6) is 1.07. The maximum Gasteiger partial charge on any atom is 0.0483 e. The third-order valence-corrected chi connectivity index (χ3v) is 4.02. The fourth-order valence-corrected chi connectivity index (χ4v) is 2.83. The first kappa shape index (κ1) is 14.8. The van der Waals surface area contributed by atoms with Gasteiger partial charge in [0.15, 0.2) is 0 Å². The van der Waals surface area contributed by atoms with E-state index in [1.54, 1.807) is 6.26 Å². The lowest BCUT2D eigenvalue weighted by Crippen LogP contribution is -2.10. The van der Waals surface area contributed by atoms with Crippen molar-refractivity contribution < 1.29 is 4.21 Å². The maximum absolute atomic E-state index is 11.3. The van der Waals surface area contributed by atoms with Crippen LogP contribution < -0.4 is 5.32 Å². The molecule has 0 aromatic heterocycles. The Bertz CT molecular complexity index is 568. The largest absolute Gasteiger partial charge is 0.384 e. The van der Waals surface area contributed by atoms with E-state index in [2.05, 4.69) is 48.6 Å². The third-order valence-electron chi connectivity index (χ3n) is 3.28. The fourth-order valence-electron chi connectivity index (χ4n) is 2.18. The monoisotopic (exact) mass is 287 g/mol. The van der Waals surface area contributed by atoms with Gasteiger partial charge in [0.2, 0.25) is 0 Å². The zero-order chi connectivity index (χ0) is 14.4. The minimum absolute atomic E-state index is 0.458. The second-order valence-electron chi connectivity index (χ2n) is 5.11. The van der Waals surface area contributed by atoms with Gasteiger partial charge in [0.1, 0.15) is 0 Å². The number of hydrogen-bond donors (Lipinski definition) is 1. The number of nitrogens with one attached hydrogen (secondary N) is 1. The molecule has 0 spiro atoms. The molecule has 0 radical (unpaired) electrons. The molecule has 0 amide bonds. The first-order valence-corrected chi connectivity index (χ1v) is 8.55. The second kappa shape index (κ2) is 7.25. The molecule has 106 valence electrons. The van der Waals surface area contributed by atoms with Gasteiger partial charge in [-0.1, -0.05) is 49.4 Å². The molecule has 2 aromatic carbocycles. The highest BCUT2D eigenvalue weighted by molar-refractivity contribution is 7.83. The highest BCUT2D eigenvalue weighted by Gasteiger charge is 2.05. The molecule has 20 heavy (non-hydrogen) atoms. The Kier molecular flexibility index (Phi) is 5.36. The van der Waals surface area contributed by atoms with E-state index >= 15 is 0 Å². The van der Waals surface area contributed by atoms with Gasteiger partial charge in [-0.15, -0.1) is 0 Å². The zero-order valence-corrected chi connectivity index (χ0v) is 12.8.